The molecule has 150 valence electrons. The minimum Gasteiger partial charge on any atom is -0.490 e. The lowest BCUT2D eigenvalue weighted by Crippen LogP contribution is -2.50. The number of hydrogen-bond acceptors (Lipinski definition) is 3. The fourth-order valence-corrected chi connectivity index (χ4v) is 4.11. The number of carboxylic acid groups (broad SMARTS) is 1. The first-order valence-corrected chi connectivity index (χ1v) is 10.2. The van der Waals surface area contributed by atoms with Gasteiger partial charge in [-0.1, -0.05) is 48.0 Å². The summed E-state index contributed by atoms with van der Waals surface area (Å²) in [6.07, 6.45) is 6.15. The van der Waals surface area contributed by atoms with Crippen molar-refractivity contribution in [2.24, 2.45) is 5.92 Å². The number of fused-ring (bicyclic) bond motifs is 1. The lowest BCUT2D eigenvalue weighted by molar-refractivity contribution is -0.147. The van der Waals surface area contributed by atoms with Crippen LogP contribution < -0.4 is 4.74 Å². The van der Waals surface area contributed by atoms with Gasteiger partial charge in [-0.15, -0.1) is 0 Å². The summed E-state index contributed by atoms with van der Waals surface area (Å²) in [6, 6.07) is 16.6. The molecule has 1 heterocycles. The van der Waals surface area contributed by atoms with Gasteiger partial charge in [0.25, 0.3) is 0 Å². The summed E-state index contributed by atoms with van der Waals surface area (Å²) in [7, 11) is 0. The van der Waals surface area contributed by atoms with Crippen LogP contribution in [0.15, 0.2) is 60.2 Å². The van der Waals surface area contributed by atoms with Crippen molar-refractivity contribution in [3.05, 3.63) is 76.9 Å². The van der Waals surface area contributed by atoms with E-state index in [1.807, 2.05) is 30.3 Å². The molecule has 1 N–H and O–H groups in total. The number of carboxylic acids is 1. The summed E-state index contributed by atoms with van der Waals surface area (Å²) >= 11 is 0. The fraction of sp³-hybridized carbons (Fsp3) is 0.320. The van der Waals surface area contributed by atoms with E-state index in [4.69, 9.17) is 9.84 Å². The first-order valence-electron chi connectivity index (χ1n) is 10.2. The number of carbonyl (C=O) groups is 1. The van der Waals surface area contributed by atoms with E-state index < -0.39 is 5.97 Å². The van der Waals surface area contributed by atoms with E-state index in [9.17, 15) is 4.79 Å². The van der Waals surface area contributed by atoms with Gasteiger partial charge in [-0.2, -0.15) is 0 Å². The Bertz CT molecular complexity index is 940. The van der Waals surface area contributed by atoms with E-state index in [1.165, 1.54) is 27.8 Å². The van der Waals surface area contributed by atoms with E-state index in [-0.39, 0.29) is 5.92 Å². The number of aryl methyl sites for hydroxylation is 1. The van der Waals surface area contributed by atoms with Gasteiger partial charge in [0.2, 0.25) is 0 Å². The summed E-state index contributed by atoms with van der Waals surface area (Å²) in [6.45, 7) is 4.96. The van der Waals surface area contributed by atoms with Crippen LogP contribution >= 0.6 is 0 Å². The molecule has 1 saturated heterocycles. The molecule has 0 radical (unpaired) electrons. The molecule has 4 rings (SSSR count). The van der Waals surface area contributed by atoms with Gasteiger partial charge in [0.05, 0.1) is 5.92 Å². The number of rotatable bonds is 7. The highest BCUT2D eigenvalue weighted by Crippen LogP contribution is 2.34. The van der Waals surface area contributed by atoms with Gasteiger partial charge < -0.3 is 9.84 Å². The average Bonchev–Trinajstić information content (AvgIpc) is 2.69. The number of ether oxygens (including phenoxy) is 1. The molecular formula is C25H27NO3. The van der Waals surface area contributed by atoms with Crippen LogP contribution in [-0.4, -0.2) is 42.2 Å². The van der Waals surface area contributed by atoms with Gasteiger partial charge in [-0.25, -0.2) is 0 Å². The van der Waals surface area contributed by atoms with E-state index in [0.29, 0.717) is 19.7 Å². The van der Waals surface area contributed by atoms with Crippen molar-refractivity contribution in [1.29, 1.82) is 0 Å². The second-order valence-corrected chi connectivity index (χ2v) is 7.90. The van der Waals surface area contributed by atoms with Gasteiger partial charge >= 0.3 is 5.97 Å². The Hall–Kier alpha value is -2.85. The Morgan fingerprint density at radius 3 is 2.72 bits per heavy atom. The Morgan fingerprint density at radius 2 is 1.97 bits per heavy atom. The minimum atomic E-state index is -0.674. The molecule has 0 saturated carbocycles. The molecule has 4 heteroatoms. The van der Waals surface area contributed by atoms with Crippen LogP contribution in [0, 0.1) is 5.92 Å². The van der Waals surface area contributed by atoms with Gasteiger partial charge in [-0.3, -0.25) is 9.69 Å². The quantitative estimate of drug-likeness (QED) is 0.757. The van der Waals surface area contributed by atoms with Crippen molar-refractivity contribution in [3.8, 4) is 5.75 Å². The number of aliphatic carboxylic acids is 1. The van der Waals surface area contributed by atoms with Crippen molar-refractivity contribution in [2.45, 2.75) is 19.8 Å². The Labute approximate surface area is 172 Å². The van der Waals surface area contributed by atoms with Gasteiger partial charge in [0.1, 0.15) is 12.4 Å². The zero-order chi connectivity index (χ0) is 20.2. The predicted molar refractivity (Wildman–Crippen MR) is 116 cm³/mol. The third-order valence-electron chi connectivity index (χ3n) is 5.88. The van der Waals surface area contributed by atoms with Crippen molar-refractivity contribution >= 4 is 17.6 Å². The summed E-state index contributed by atoms with van der Waals surface area (Å²) in [4.78, 5) is 13.2. The number of nitrogens with zero attached hydrogens (tertiary/aromatic N) is 1. The smallest absolute Gasteiger partial charge is 0.309 e. The van der Waals surface area contributed by atoms with Crippen molar-refractivity contribution in [1.82, 2.24) is 4.90 Å². The largest absolute Gasteiger partial charge is 0.490 e. The molecule has 1 aliphatic carbocycles. The SMILES string of the molecule is CC1=C(CN2CC(C(=O)O)C2)CCc2cc(OC/C=C/c3ccccc3)ccc21. The average molecular weight is 389 g/mol. The lowest BCUT2D eigenvalue weighted by atomic mass is 9.85. The van der Waals surface area contributed by atoms with Gasteiger partial charge in [-0.05, 0) is 60.2 Å². The van der Waals surface area contributed by atoms with Crippen LogP contribution in [0.5, 0.6) is 5.75 Å². The highest BCUT2D eigenvalue weighted by molar-refractivity contribution is 5.73. The third kappa shape index (κ3) is 4.60. The highest BCUT2D eigenvalue weighted by Gasteiger charge is 2.33. The number of benzene rings is 2. The molecule has 0 spiro atoms. The van der Waals surface area contributed by atoms with Crippen molar-refractivity contribution in [2.75, 3.05) is 26.2 Å². The molecule has 1 aliphatic heterocycles. The summed E-state index contributed by atoms with van der Waals surface area (Å²) in [5.74, 6) is 0.0410. The molecule has 1 fully saturated rings. The maximum atomic E-state index is 11.0. The summed E-state index contributed by atoms with van der Waals surface area (Å²) in [5.41, 5.74) is 6.57. The Morgan fingerprint density at radius 1 is 1.17 bits per heavy atom. The normalized spacial score (nSPS) is 17.3. The summed E-state index contributed by atoms with van der Waals surface area (Å²) in [5, 5.41) is 9.05. The van der Waals surface area contributed by atoms with Crippen molar-refractivity contribution < 1.29 is 14.6 Å². The second kappa shape index (κ2) is 8.66. The Kier molecular flexibility index (Phi) is 5.81. The predicted octanol–water partition coefficient (Wildman–Crippen LogP) is 4.51. The standard InChI is InChI=1S/C25H27NO3/c1-18-21(15-26-16-22(17-26)25(27)28)10-9-20-14-23(11-12-24(18)20)29-13-5-8-19-6-3-2-4-7-19/h2-8,11-12,14,22H,9-10,13,15-17H2,1H3,(H,27,28)/b8-5+. The van der Waals surface area contributed by atoms with Crippen LogP contribution in [0.1, 0.15) is 30.0 Å². The van der Waals surface area contributed by atoms with Crippen molar-refractivity contribution in [3.63, 3.8) is 0 Å². The minimum absolute atomic E-state index is 0.192. The zero-order valence-corrected chi connectivity index (χ0v) is 16.8. The molecule has 0 unspecified atom stereocenters. The molecule has 2 aromatic rings. The van der Waals surface area contributed by atoms with Crippen LogP contribution in [-0.2, 0) is 11.2 Å². The molecule has 0 amide bonds. The number of likely N-dealkylation sites (tertiary alicyclic amines) is 1. The van der Waals surface area contributed by atoms with E-state index in [2.05, 4.69) is 42.2 Å². The molecular weight excluding hydrogens is 362 g/mol. The Balaban J connectivity index is 1.35. The molecule has 2 aliphatic rings. The number of allylic oxidation sites excluding steroid dienone is 1. The lowest BCUT2D eigenvalue weighted by Gasteiger charge is -2.38. The second-order valence-electron chi connectivity index (χ2n) is 7.90. The van der Waals surface area contributed by atoms with Crippen LogP contribution in [0.3, 0.4) is 0 Å². The van der Waals surface area contributed by atoms with E-state index in [0.717, 1.165) is 25.1 Å². The molecule has 0 bridgehead atoms. The topological polar surface area (TPSA) is 49.8 Å². The zero-order valence-electron chi connectivity index (χ0n) is 16.8. The van der Waals surface area contributed by atoms with E-state index in [1.54, 1.807) is 0 Å². The number of hydrogen-bond donors (Lipinski definition) is 1. The van der Waals surface area contributed by atoms with Crippen LogP contribution in [0.25, 0.3) is 11.6 Å². The maximum absolute atomic E-state index is 11.0. The first-order chi connectivity index (χ1) is 14.1. The fourth-order valence-electron chi connectivity index (χ4n) is 4.11. The molecule has 4 nitrogen and oxygen atoms in total. The maximum Gasteiger partial charge on any atom is 0.309 e. The first kappa shape index (κ1) is 19.5. The monoisotopic (exact) mass is 389 g/mol. The van der Waals surface area contributed by atoms with E-state index >= 15 is 0 Å². The third-order valence-corrected chi connectivity index (χ3v) is 5.88. The van der Waals surface area contributed by atoms with Crippen LogP contribution in [0.2, 0.25) is 0 Å². The van der Waals surface area contributed by atoms with Gasteiger partial charge in [0.15, 0.2) is 0 Å². The van der Waals surface area contributed by atoms with Crippen LogP contribution in [0.4, 0.5) is 0 Å². The highest BCUT2D eigenvalue weighted by atomic mass is 16.5. The molecule has 2 aromatic carbocycles. The molecule has 0 aromatic heterocycles. The molecule has 0 atom stereocenters. The summed E-state index contributed by atoms with van der Waals surface area (Å²) < 4.78 is 5.91. The van der Waals surface area contributed by atoms with Gasteiger partial charge in [0, 0.05) is 19.6 Å². The molecule has 29 heavy (non-hydrogen) atoms.